The summed E-state index contributed by atoms with van der Waals surface area (Å²) in [6.45, 7) is 5.42. The van der Waals surface area contributed by atoms with E-state index in [0.717, 1.165) is 44.8 Å². The van der Waals surface area contributed by atoms with Crippen LogP contribution in [0.15, 0.2) is 18.2 Å². The number of hydrogen-bond acceptors (Lipinski definition) is 4. The highest BCUT2D eigenvalue weighted by Crippen LogP contribution is 2.38. The Morgan fingerprint density at radius 1 is 1.20 bits per heavy atom. The monoisotopic (exact) mass is 344 g/mol. The first kappa shape index (κ1) is 17.3. The van der Waals surface area contributed by atoms with Crippen LogP contribution in [0.25, 0.3) is 0 Å². The maximum Gasteiger partial charge on any atom is 0.122 e. The molecule has 0 saturated carbocycles. The van der Waals surface area contributed by atoms with Crippen LogP contribution in [0.4, 0.5) is 0 Å². The lowest BCUT2D eigenvalue weighted by Crippen LogP contribution is -2.59. The molecule has 4 nitrogen and oxygen atoms in total. The fourth-order valence-electron chi connectivity index (χ4n) is 5.06. The first-order chi connectivity index (χ1) is 12.3. The molecule has 1 atom stereocenters. The molecule has 0 amide bonds. The molecule has 0 spiro atoms. The number of rotatable bonds is 5. The first-order valence-corrected chi connectivity index (χ1v) is 10.0. The van der Waals surface area contributed by atoms with Gasteiger partial charge in [-0.25, -0.2) is 0 Å². The third-order valence-corrected chi connectivity index (χ3v) is 6.58. The van der Waals surface area contributed by atoms with Gasteiger partial charge in [0, 0.05) is 31.3 Å². The fourth-order valence-corrected chi connectivity index (χ4v) is 5.06. The van der Waals surface area contributed by atoms with Gasteiger partial charge in [-0.3, -0.25) is 4.90 Å². The predicted octanol–water partition coefficient (Wildman–Crippen LogP) is 3.31. The lowest BCUT2D eigenvalue weighted by atomic mass is 9.85. The second-order valence-electron chi connectivity index (χ2n) is 7.88. The van der Waals surface area contributed by atoms with E-state index in [4.69, 9.17) is 9.47 Å². The molecular formula is C21H32N2O2. The van der Waals surface area contributed by atoms with Crippen LogP contribution in [-0.2, 0) is 11.2 Å². The zero-order valence-corrected chi connectivity index (χ0v) is 15.6. The Balaban J connectivity index is 1.47. The summed E-state index contributed by atoms with van der Waals surface area (Å²) in [7, 11) is 1.78. The smallest absolute Gasteiger partial charge is 0.122 e. The van der Waals surface area contributed by atoms with Gasteiger partial charge >= 0.3 is 0 Å². The molecule has 0 radical (unpaired) electrons. The molecule has 0 aromatic heterocycles. The number of piperidine rings is 1. The number of benzene rings is 1. The van der Waals surface area contributed by atoms with Crippen molar-refractivity contribution in [3.05, 3.63) is 29.3 Å². The Labute approximate surface area is 151 Å². The van der Waals surface area contributed by atoms with E-state index in [0.29, 0.717) is 11.6 Å². The van der Waals surface area contributed by atoms with Crippen LogP contribution in [0.3, 0.4) is 0 Å². The zero-order chi connectivity index (χ0) is 17.1. The van der Waals surface area contributed by atoms with Gasteiger partial charge in [0.25, 0.3) is 0 Å². The van der Waals surface area contributed by atoms with E-state index in [-0.39, 0.29) is 0 Å². The molecule has 138 valence electrons. The maximum absolute atomic E-state index is 5.70. The molecule has 0 bridgehead atoms. The van der Waals surface area contributed by atoms with Crippen molar-refractivity contribution in [2.75, 3.05) is 40.0 Å². The van der Waals surface area contributed by atoms with Crippen molar-refractivity contribution in [3.63, 3.8) is 0 Å². The number of ether oxygens (including phenoxy) is 2. The van der Waals surface area contributed by atoms with Crippen LogP contribution in [0, 0.1) is 0 Å². The van der Waals surface area contributed by atoms with Gasteiger partial charge in [0.05, 0.1) is 7.11 Å². The van der Waals surface area contributed by atoms with Gasteiger partial charge in [-0.05, 0) is 68.8 Å². The maximum atomic E-state index is 5.70. The summed E-state index contributed by atoms with van der Waals surface area (Å²) in [5.74, 6) is 1.05. The van der Waals surface area contributed by atoms with Crippen molar-refractivity contribution in [2.45, 2.75) is 56.5 Å². The van der Waals surface area contributed by atoms with E-state index < -0.39 is 0 Å². The molecule has 1 aromatic carbocycles. The normalized spacial score (nSPS) is 26.4. The summed E-state index contributed by atoms with van der Waals surface area (Å²) < 4.78 is 11.3. The van der Waals surface area contributed by atoms with Crippen LogP contribution >= 0.6 is 0 Å². The Hall–Kier alpha value is -1.10. The van der Waals surface area contributed by atoms with Gasteiger partial charge in [-0.15, -0.1) is 0 Å². The number of nitrogens with one attached hydrogen (secondary N) is 1. The molecule has 2 fully saturated rings. The average Bonchev–Trinajstić information content (AvgIpc) is 3.11. The fraction of sp³-hybridized carbons (Fsp3) is 0.714. The molecule has 2 heterocycles. The Morgan fingerprint density at radius 3 is 2.76 bits per heavy atom. The van der Waals surface area contributed by atoms with Crippen molar-refractivity contribution < 1.29 is 9.47 Å². The summed E-state index contributed by atoms with van der Waals surface area (Å²) in [5.41, 5.74) is 3.14. The molecule has 25 heavy (non-hydrogen) atoms. The number of hydrogen-bond donors (Lipinski definition) is 1. The Morgan fingerprint density at radius 2 is 2.00 bits per heavy atom. The first-order valence-electron chi connectivity index (χ1n) is 10.0. The van der Waals surface area contributed by atoms with Gasteiger partial charge in [-0.1, -0.05) is 18.6 Å². The molecule has 4 heteroatoms. The van der Waals surface area contributed by atoms with E-state index in [9.17, 15) is 0 Å². The molecular weight excluding hydrogens is 312 g/mol. The van der Waals surface area contributed by atoms with Gasteiger partial charge in [-0.2, -0.15) is 0 Å². The summed E-state index contributed by atoms with van der Waals surface area (Å²) in [6.07, 6.45) is 8.74. The van der Waals surface area contributed by atoms with E-state index in [1.165, 1.54) is 49.9 Å². The highest BCUT2D eigenvalue weighted by Gasteiger charge is 2.39. The topological polar surface area (TPSA) is 33.7 Å². The number of nitrogens with zero attached hydrogens (tertiary/aromatic N) is 1. The predicted molar refractivity (Wildman–Crippen MR) is 100 cm³/mol. The highest BCUT2D eigenvalue weighted by atomic mass is 16.5. The average molecular weight is 344 g/mol. The summed E-state index contributed by atoms with van der Waals surface area (Å²) in [4.78, 5) is 2.77. The zero-order valence-electron chi connectivity index (χ0n) is 15.6. The third-order valence-electron chi connectivity index (χ3n) is 6.58. The quantitative estimate of drug-likeness (QED) is 0.888. The van der Waals surface area contributed by atoms with Crippen LogP contribution < -0.4 is 10.1 Å². The molecule has 3 aliphatic rings. The van der Waals surface area contributed by atoms with E-state index in [1.54, 1.807) is 7.11 Å². The van der Waals surface area contributed by atoms with Gasteiger partial charge in [0.15, 0.2) is 0 Å². The molecule has 4 rings (SSSR count). The lowest BCUT2D eigenvalue weighted by molar-refractivity contribution is -0.0368. The van der Waals surface area contributed by atoms with Crippen molar-refractivity contribution in [1.29, 1.82) is 0 Å². The van der Waals surface area contributed by atoms with Crippen molar-refractivity contribution >= 4 is 0 Å². The van der Waals surface area contributed by atoms with E-state index in [1.807, 2.05) is 0 Å². The van der Waals surface area contributed by atoms with Crippen LogP contribution in [0.5, 0.6) is 5.75 Å². The standard InChI is InChI=1S/C21H32N2O2/c1-24-20-7-5-6-17-18(20)8-9-19(17)22-16-21(10-14-25-15-11-21)23-12-3-2-4-13-23/h5-7,19,22H,2-4,8-16H2,1H3/t19-/m1/s1. The van der Waals surface area contributed by atoms with E-state index >= 15 is 0 Å². The SMILES string of the molecule is COc1cccc2c1CC[C@H]2NCC1(N2CCCCC2)CCOCC1. The summed E-state index contributed by atoms with van der Waals surface area (Å²) in [6, 6.07) is 6.97. The number of fused-ring (bicyclic) bond motifs is 1. The van der Waals surface area contributed by atoms with Crippen molar-refractivity contribution in [1.82, 2.24) is 10.2 Å². The molecule has 1 N–H and O–H groups in total. The minimum Gasteiger partial charge on any atom is -0.496 e. The summed E-state index contributed by atoms with van der Waals surface area (Å²) in [5, 5.41) is 3.94. The molecule has 2 aliphatic heterocycles. The molecule has 1 aromatic rings. The van der Waals surface area contributed by atoms with Crippen LogP contribution in [-0.4, -0.2) is 50.4 Å². The van der Waals surface area contributed by atoms with Crippen molar-refractivity contribution in [3.8, 4) is 5.75 Å². The minimum absolute atomic E-state index is 0.292. The number of likely N-dealkylation sites (tertiary alicyclic amines) is 1. The lowest BCUT2D eigenvalue weighted by Gasteiger charge is -2.48. The number of methoxy groups -OCH3 is 1. The van der Waals surface area contributed by atoms with Gasteiger partial charge < -0.3 is 14.8 Å². The second kappa shape index (κ2) is 7.65. The molecule has 1 aliphatic carbocycles. The van der Waals surface area contributed by atoms with Gasteiger partial charge in [0.1, 0.15) is 5.75 Å². The minimum atomic E-state index is 0.292. The van der Waals surface area contributed by atoms with Crippen LogP contribution in [0.2, 0.25) is 0 Å². The van der Waals surface area contributed by atoms with Crippen LogP contribution in [0.1, 0.15) is 55.7 Å². The molecule has 2 saturated heterocycles. The van der Waals surface area contributed by atoms with Crippen molar-refractivity contribution in [2.24, 2.45) is 0 Å². The second-order valence-corrected chi connectivity index (χ2v) is 7.88. The molecule has 0 unspecified atom stereocenters. The van der Waals surface area contributed by atoms with E-state index in [2.05, 4.69) is 28.4 Å². The highest BCUT2D eigenvalue weighted by molar-refractivity contribution is 5.45. The third kappa shape index (κ3) is 3.44. The largest absolute Gasteiger partial charge is 0.496 e. The Bertz CT molecular complexity index is 577. The Kier molecular flexibility index (Phi) is 5.30. The van der Waals surface area contributed by atoms with Gasteiger partial charge in [0.2, 0.25) is 0 Å². The summed E-state index contributed by atoms with van der Waals surface area (Å²) >= 11 is 0.